The van der Waals surface area contributed by atoms with E-state index in [1.54, 1.807) is 6.07 Å². The molecule has 0 aromatic heterocycles. The van der Waals surface area contributed by atoms with Crippen LogP contribution in [0.1, 0.15) is 11.1 Å². The van der Waals surface area contributed by atoms with Gasteiger partial charge in [0, 0.05) is 29.9 Å². The zero-order chi connectivity index (χ0) is 19.5. The Labute approximate surface area is 162 Å². The lowest BCUT2D eigenvalue weighted by Gasteiger charge is -2.15. The molecule has 0 bridgehead atoms. The van der Waals surface area contributed by atoms with Crippen molar-refractivity contribution in [1.82, 2.24) is 4.31 Å². The maximum atomic E-state index is 12.2. The Morgan fingerprint density at radius 2 is 1.77 bits per heavy atom. The molecule has 2 aromatic carbocycles. The van der Waals surface area contributed by atoms with Crippen molar-refractivity contribution in [3.63, 3.8) is 0 Å². The van der Waals surface area contributed by atoms with E-state index in [1.165, 1.54) is 26.2 Å². The highest BCUT2D eigenvalue weighted by molar-refractivity contribution is 9.10. The van der Waals surface area contributed by atoms with Crippen LogP contribution in [0, 0.1) is 13.8 Å². The molecule has 0 aliphatic rings. The Morgan fingerprint density at radius 1 is 1.08 bits per heavy atom. The van der Waals surface area contributed by atoms with Crippen molar-refractivity contribution in [2.75, 3.05) is 31.3 Å². The molecular formula is C18H22BrN3O3S. The molecule has 0 atom stereocenters. The molecule has 0 fully saturated rings. The largest absolute Gasteiger partial charge is 0.376 e. The summed E-state index contributed by atoms with van der Waals surface area (Å²) in [6.07, 6.45) is 0. The van der Waals surface area contributed by atoms with Crippen LogP contribution in [0.3, 0.4) is 0 Å². The normalized spacial score (nSPS) is 11.5. The average Bonchev–Trinajstić information content (AvgIpc) is 2.57. The summed E-state index contributed by atoms with van der Waals surface area (Å²) in [5.74, 6) is -0.256. The van der Waals surface area contributed by atoms with E-state index in [9.17, 15) is 13.2 Å². The van der Waals surface area contributed by atoms with Crippen molar-refractivity contribution in [3.05, 3.63) is 52.0 Å². The molecular weight excluding hydrogens is 418 g/mol. The number of aryl methyl sites for hydroxylation is 2. The van der Waals surface area contributed by atoms with E-state index < -0.39 is 10.0 Å². The molecule has 0 saturated heterocycles. The van der Waals surface area contributed by atoms with Crippen LogP contribution in [0.5, 0.6) is 0 Å². The van der Waals surface area contributed by atoms with Crippen LogP contribution in [0.4, 0.5) is 11.4 Å². The molecule has 0 aliphatic heterocycles. The number of hydrogen-bond acceptors (Lipinski definition) is 4. The number of nitrogens with zero attached hydrogens (tertiary/aromatic N) is 1. The van der Waals surface area contributed by atoms with Gasteiger partial charge in [0.25, 0.3) is 0 Å². The molecule has 2 aromatic rings. The first-order chi connectivity index (χ1) is 12.1. The minimum atomic E-state index is -3.55. The second kappa shape index (κ2) is 8.20. The van der Waals surface area contributed by atoms with E-state index in [0.717, 1.165) is 25.6 Å². The fourth-order valence-electron chi connectivity index (χ4n) is 2.24. The van der Waals surface area contributed by atoms with Crippen molar-refractivity contribution in [3.8, 4) is 0 Å². The van der Waals surface area contributed by atoms with Gasteiger partial charge in [-0.1, -0.05) is 22.0 Å². The summed E-state index contributed by atoms with van der Waals surface area (Å²) in [6.45, 7) is 3.85. The summed E-state index contributed by atoms with van der Waals surface area (Å²) in [5, 5.41) is 5.82. The number of benzene rings is 2. The first-order valence-corrected chi connectivity index (χ1v) is 10.2. The number of hydrogen-bond donors (Lipinski definition) is 2. The molecule has 1 amide bonds. The number of rotatable bonds is 6. The number of carbonyl (C=O) groups is 1. The number of carbonyl (C=O) groups excluding carboxylic acids is 1. The minimum Gasteiger partial charge on any atom is -0.376 e. The summed E-state index contributed by atoms with van der Waals surface area (Å²) in [4.78, 5) is 12.4. The molecule has 0 aliphatic carbocycles. The third kappa shape index (κ3) is 4.84. The highest BCUT2D eigenvalue weighted by atomic mass is 79.9. The van der Waals surface area contributed by atoms with Crippen LogP contribution in [0.15, 0.2) is 45.8 Å². The monoisotopic (exact) mass is 439 g/mol. The van der Waals surface area contributed by atoms with Gasteiger partial charge < -0.3 is 10.6 Å². The lowest BCUT2D eigenvalue weighted by atomic mass is 10.2. The molecule has 2 N–H and O–H groups in total. The van der Waals surface area contributed by atoms with Crippen molar-refractivity contribution in [2.45, 2.75) is 18.7 Å². The van der Waals surface area contributed by atoms with Crippen molar-refractivity contribution in [2.24, 2.45) is 0 Å². The highest BCUT2D eigenvalue weighted by Crippen LogP contribution is 2.22. The van der Waals surface area contributed by atoms with Gasteiger partial charge in [0.1, 0.15) is 0 Å². The lowest BCUT2D eigenvalue weighted by molar-refractivity contribution is -0.114. The Bertz CT molecular complexity index is 927. The van der Waals surface area contributed by atoms with Gasteiger partial charge in [0.05, 0.1) is 11.4 Å². The van der Waals surface area contributed by atoms with Crippen molar-refractivity contribution < 1.29 is 13.2 Å². The first-order valence-electron chi connectivity index (χ1n) is 7.94. The highest BCUT2D eigenvalue weighted by Gasteiger charge is 2.18. The first kappa shape index (κ1) is 20.4. The van der Waals surface area contributed by atoms with Crippen LogP contribution in [0.25, 0.3) is 0 Å². The van der Waals surface area contributed by atoms with Crippen LogP contribution in [-0.2, 0) is 14.8 Å². The molecule has 0 unspecified atom stereocenters. The Hall–Kier alpha value is -1.90. The summed E-state index contributed by atoms with van der Waals surface area (Å²) >= 11 is 3.43. The van der Waals surface area contributed by atoms with Crippen molar-refractivity contribution in [1.29, 1.82) is 0 Å². The molecule has 140 valence electrons. The lowest BCUT2D eigenvalue weighted by Crippen LogP contribution is -2.24. The fraction of sp³-hybridized carbons (Fsp3) is 0.278. The number of halogens is 1. The summed E-state index contributed by atoms with van der Waals surface area (Å²) in [7, 11) is -0.614. The third-order valence-corrected chi connectivity index (χ3v) is 6.57. The zero-order valence-electron chi connectivity index (χ0n) is 15.1. The van der Waals surface area contributed by atoms with Gasteiger partial charge in [-0.2, -0.15) is 0 Å². The molecule has 0 radical (unpaired) electrons. The van der Waals surface area contributed by atoms with E-state index in [2.05, 4.69) is 26.6 Å². The Kier molecular flexibility index (Phi) is 6.44. The fourth-order valence-corrected chi connectivity index (χ4v) is 3.41. The van der Waals surface area contributed by atoms with E-state index in [0.29, 0.717) is 5.69 Å². The van der Waals surface area contributed by atoms with Gasteiger partial charge in [-0.3, -0.25) is 4.79 Å². The maximum absolute atomic E-state index is 12.2. The van der Waals surface area contributed by atoms with Crippen LogP contribution in [-0.4, -0.2) is 39.3 Å². The number of sulfonamides is 1. The molecule has 6 nitrogen and oxygen atoms in total. The third-order valence-electron chi connectivity index (χ3n) is 3.87. The molecule has 26 heavy (non-hydrogen) atoms. The van der Waals surface area contributed by atoms with E-state index >= 15 is 0 Å². The van der Waals surface area contributed by atoms with Gasteiger partial charge >= 0.3 is 0 Å². The van der Waals surface area contributed by atoms with Gasteiger partial charge in [0.2, 0.25) is 15.9 Å². The molecule has 0 heterocycles. The van der Waals surface area contributed by atoms with E-state index in [-0.39, 0.29) is 17.3 Å². The standard InChI is InChI=1S/C18H22BrN3O3S/c1-12-5-7-15(26(24,25)22(3)4)10-17(12)21-18(23)11-20-14-6-8-16(19)13(2)9-14/h5-10,20H,11H2,1-4H3,(H,21,23). The average molecular weight is 440 g/mol. The van der Waals surface area contributed by atoms with E-state index in [4.69, 9.17) is 0 Å². The van der Waals surface area contributed by atoms with Gasteiger partial charge in [-0.05, 0) is 55.3 Å². The Morgan fingerprint density at radius 3 is 2.38 bits per heavy atom. The topological polar surface area (TPSA) is 78.5 Å². The molecule has 0 spiro atoms. The van der Waals surface area contributed by atoms with Crippen LogP contribution >= 0.6 is 15.9 Å². The molecule has 2 rings (SSSR count). The summed E-state index contributed by atoms with van der Waals surface area (Å²) < 4.78 is 26.6. The van der Waals surface area contributed by atoms with Gasteiger partial charge in [-0.25, -0.2) is 12.7 Å². The smallest absolute Gasteiger partial charge is 0.243 e. The summed E-state index contributed by atoms with van der Waals surface area (Å²) in [6, 6.07) is 10.4. The van der Waals surface area contributed by atoms with E-state index in [1.807, 2.05) is 32.0 Å². The molecule has 0 saturated carbocycles. The SMILES string of the molecule is Cc1cc(NCC(=O)Nc2cc(S(=O)(=O)N(C)C)ccc2C)ccc1Br. The van der Waals surface area contributed by atoms with Gasteiger partial charge in [-0.15, -0.1) is 0 Å². The quantitative estimate of drug-likeness (QED) is 0.722. The zero-order valence-corrected chi connectivity index (χ0v) is 17.5. The minimum absolute atomic E-state index is 0.0746. The van der Waals surface area contributed by atoms with Crippen molar-refractivity contribution >= 4 is 43.2 Å². The predicted octanol–water partition coefficient (Wildman–Crippen LogP) is 3.37. The number of nitrogens with one attached hydrogen (secondary N) is 2. The number of amides is 1. The van der Waals surface area contributed by atoms with Gasteiger partial charge in [0.15, 0.2) is 0 Å². The number of anilines is 2. The van der Waals surface area contributed by atoms with Crippen LogP contribution in [0.2, 0.25) is 0 Å². The second-order valence-electron chi connectivity index (χ2n) is 6.13. The molecule has 8 heteroatoms. The Balaban J connectivity index is 2.10. The van der Waals surface area contributed by atoms with Crippen LogP contribution < -0.4 is 10.6 Å². The predicted molar refractivity (Wildman–Crippen MR) is 108 cm³/mol. The second-order valence-corrected chi connectivity index (χ2v) is 9.14. The maximum Gasteiger partial charge on any atom is 0.243 e. The summed E-state index contributed by atoms with van der Waals surface area (Å²) in [5.41, 5.74) is 3.16.